The summed E-state index contributed by atoms with van der Waals surface area (Å²) in [6.45, 7) is 1.99. The lowest BCUT2D eigenvalue weighted by Gasteiger charge is -2.06. The standard InChI is InChI=1S/C20H13BrN4OS/c1-12-9-13-5-2-3-8-16(13)24(12)17-11-22-20-25(19(17)26)23-18(27-20)14-6-4-7-15(21)10-14/h2-11H,1H3. The van der Waals surface area contributed by atoms with E-state index in [1.807, 2.05) is 60.0 Å². The van der Waals surface area contributed by atoms with Gasteiger partial charge in [-0.25, -0.2) is 4.98 Å². The topological polar surface area (TPSA) is 52.2 Å². The highest BCUT2D eigenvalue weighted by Gasteiger charge is 2.16. The first-order chi connectivity index (χ1) is 13.1. The molecule has 5 rings (SSSR count). The van der Waals surface area contributed by atoms with E-state index in [1.165, 1.54) is 15.9 Å². The molecule has 0 aliphatic rings. The summed E-state index contributed by atoms with van der Waals surface area (Å²) in [6.07, 6.45) is 1.64. The molecule has 5 aromatic rings. The van der Waals surface area contributed by atoms with E-state index in [1.54, 1.807) is 6.20 Å². The number of rotatable bonds is 2. The number of hydrogen-bond donors (Lipinski definition) is 0. The van der Waals surface area contributed by atoms with E-state index in [-0.39, 0.29) is 5.56 Å². The Kier molecular flexibility index (Phi) is 3.73. The molecule has 2 aromatic carbocycles. The third-order valence-corrected chi connectivity index (χ3v) is 5.94. The number of fused-ring (bicyclic) bond motifs is 2. The van der Waals surface area contributed by atoms with Crippen molar-refractivity contribution in [3.8, 4) is 16.3 Å². The minimum absolute atomic E-state index is 0.179. The number of halogens is 1. The average molecular weight is 437 g/mol. The Morgan fingerprint density at radius 3 is 2.78 bits per heavy atom. The predicted molar refractivity (Wildman–Crippen MR) is 112 cm³/mol. The van der Waals surface area contributed by atoms with Crippen molar-refractivity contribution in [2.75, 3.05) is 0 Å². The van der Waals surface area contributed by atoms with E-state index in [4.69, 9.17) is 0 Å². The Hall–Kier alpha value is -2.77. The number of nitrogens with zero attached hydrogens (tertiary/aromatic N) is 4. The summed E-state index contributed by atoms with van der Waals surface area (Å²) in [5.74, 6) is 0. The summed E-state index contributed by atoms with van der Waals surface area (Å²) in [5, 5.41) is 6.38. The fourth-order valence-electron chi connectivity index (χ4n) is 3.28. The van der Waals surface area contributed by atoms with Gasteiger partial charge in [0.25, 0.3) is 5.56 Å². The Morgan fingerprint density at radius 1 is 1.07 bits per heavy atom. The molecule has 0 saturated carbocycles. The molecule has 27 heavy (non-hydrogen) atoms. The first-order valence-corrected chi connectivity index (χ1v) is 9.95. The van der Waals surface area contributed by atoms with Crippen LogP contribution >= 0.6 is 27.3 Å². The Bertz CT molecular complexity index is 1380. The van der Waals surface area contributed by atoms with Crippen LogP contribution in [0.2, 0.25) is 0 Å². The van der Waals surface area contributed by atoms with Crippen LogP contribution in [0.3, 0.4) is 0 Å². The average Bonchev–Trinajstić information content (AvgIpc) is 3.24. The van der Waals surface area contributed by atoms with Crippen LogP contribution in [0.15, 0.2) is 70.1 Å². The Labute approximate surface area is 166 Å². The lowest BCUT2D eigenvalue weighted by molar-refractivity contribution is 0.872. The first-order valence-electron chi connectivity index (χ1n) is 8.34. The van der Waals surface area contributed by atoms with Gasteiger partial charge in [0.2, 0.25) is 4.96 Å². The Balaban J connectivity index is 1.74. The van der Waals surface area contributed by atoms with E-state index < -0.39 is 0 Å². The van der Waals surface area contributed by atoms with Crippen molar-refractivity contribution in [2.24, 2.45) is 0 Å². The molecule has 0 unspecified atom stereocenters. The minimum atomic E-state index is -0.179. The molecule has 0 spiro atoms. The van der Waals surface area contributed by atoms with Crippen LogP contribution in [0.5, 0.6) is 0 Å². The molecule has 3 aromatic heterocycles. The first kappa shape index (κ1) is 16.4. The van der Waals surface area contributed by atoms with Crippen LogP contribution in [0.1, 0.15) is 5.69 Å². The van der Waals surface area contributed by atoms with Crippen molar-refractivity contribution in [2.45, 2.75) is 6.92 Å². The van der Waals surface area contributed by atoms with Gasteiger partial charge in [0, 0.05) is 21.1 Å². The minimum Gasteiger partial charge on any atom is -0.308 e. The van der Waals surface area contributed by atoms with Crippen LogP contribution < -0.4 is 5.56 Å². The van der Waals surface area contributed by atoms with Crippen LogP contribution in [-0.4, -0.2) is 19.2 Å². The summed E-state index contributed by atoms with van der Waals surface area (Å²) in [4.78, 5) is 18.2. The molecular weight excluding hydrogens is 424 g/mol. The molecule has 3 heterocycles. The zero-order chi connectivity index (χ0) is 18.5. The summed E-state index contributed by atoms with van der Waals surface area (Å²) >= 11 is 4.87. The van der Waals surface area contributed by atoms with Gasteiger partial charge in [0.15, 0.2) is 0 Å². The maximum atomic E-state index is 13.2. The second-order valence-electron chi connectivity index (χ2n) is 6.24. The number of aryl methyl sites for hydroxylation is 1. The normalized spacial score (nSPS) is 11.5. The zero-order valence-corrected chi connectivity index (χ0v) is 16.7. The molecule has 0 atom stereocenters. The van der Waals surface area contributed by atoms with Gasteiger partial charge in [-0.3, -0.25) is 4.79 Å². The molecule has 0 fully saturated rings. The second-order valence-corrected chi connectivity index (χ2v) is 8.11. The van der Waals surface area contributed by atoms with Gasteiger partial charge < -0.3 is 4.57 Å². The molecule has 0 aliphatic carbocycles. The molecule has 7 heteroatoms. The molecule has 5 nitrogen and oxygen atoms in total. The van der Waals surface area contributed by atoms with E-state index >= 15 is 0 Å². The molecule has 0 aliphatic heterocycles. The van der Waals surface area contributed by atoms with Gasteiger partial charge >= 0.3 is 0 Å². The van der Waals surface area contributed by atoms with Crippen molar-refractivity contribution in [3.63, 3.8) is 0 Å². The van der Waals surface area contributed by atoms with E-state index in [0.29, 0.717) is 10.6 Å². The fraction of sp³-hybridized carbons (Fsp3) is 0.0500. The summed E-state index contributed by atoms with van der Waals surface area (Å²) in [6, 6.07) is 17.9. The van der Waals surface area contributed by atoms with E-state index in [2.05, 4.69) is 32.1 Å². The van der Waals surface area contributed by atoms with E-state index in [9.17, 15) is 4.79 Å². The summed E-state index contributed by atoms with van der Waals surface area (Å²) in [5.41, 5.74) is 3.23. The molecule has 132 valence electrons. The van der Waals surface area contributed by atoms with Gasteiger partial charge in [-0.1, -0.05) is 57.6 Å². The largest absolute Gasteiger partial charge is 0.308 e. The lowest BCUT2D eigenvalue weighted by Crippen LogP contribution is -2.21. The maximum Gasteiger partial charge on any atom is 0.299 e. The highest BCUT2D eigenvalue weighted by molar-refractivity contribution is 9.10. The summed E-state index contributed by atoms with van der Waals surface area (Å²) in [7, 11) is 0. The van der Waals surface area contributed by atoms with Gasteiger partial charge in [0.1, 0.15) is 10.7 Å². The highest BCUT2D eigenvalue weighted by Crippen LogP contribution is 2.27. The maximum absolute atomic E-state index is 13.2. The predicted octanol–water partition coefficient (Wildman–Crippen LogP) is 4.83. The van der Waals surface area contributed by atoms with Crippen molar-refractivity contribution < 1.29 is 0 Å². The van der Waals surface area contributed by atoms with Crippen LogP contribution in [-0.2, 0) is 0 Å². The lowest BCUT2D eigenvalue weighted by atomic mass is 10.2. The molecule has 0 saturated heterocycles. The second kappa shape index (κ2) is 6.14. The fourth-order valence-corrected chi connectivity index (χ4v) is 4.54. The molecule has 0 N–H and O–H groups in total. The third kappa shape index (κ3) is 2.62. The number of aromatic nitrogens is 4. The van der Waals surface area contributed by atoms with Gasteiger partial charge in [0.05, 0.1) is 11.7 Å². The molecule has 0 bridgehead atoms. The smallest absolute Gasteiger partial charge is 0.299 e. The van der Waals surface area contributed by atoms with Crippen LogP contribution in [0, 0.1) is 6.92 Å². The van der Waals surface area contributed by atoms with Crippen molar-refractivity contribution in [3.05, 3.63) is 81.3 Å². The zero-order valence-electron chi connectivity index (χ0n) is 14.3. The number of para-hydroxylation sites is 1. The van der Waals surface area contributed by atoms with Crippen molar-refractivity contribution in [1.29, 1.82) is 0 Å². The number of benzene rings is 2. The monoisotopic (exact) mass is 436 g/mol. The van der Waals surface area contributed by atoms with Gasteiger partial charge in [-0.2, -0.15) is 9.61 Å². The number of hydrogen-bond acceptors (Lipinski definition) is 4. The van der Waals surface area contributed by atoms with Gasteiger partial charge in [-0.15, -0.1) is 0 Å². The summed E-state index contributed by atoms with van der Waals surface area (Å²) < 4.78 is 4.30. The Morgan fingerprint density at radius 2 is 1.93 bits per heavy atom. The van der Waals surface area contributed by atoms with Crippen molar-refractivity contribution >= 4 is 43.1 Å². The van der Waals surface area contributed by atoms with Crippen molar-refractivity contribution in [1.82, 2.24) is 19.2 Å². The van der Waals surface area contributed by atoms with E-state index in [0.717, 1.165) is 31.6 Å². The third-order valence-electron chi connectivity index (χ3n) is 4.48. The van der Waals surface area contributed by atoms with Gasteiger partial charge in [-0.05, 0) is 31.2 Å². The van der Waals surface area contributed by atoms with Crippen LogP contribution in [0.25, 0.3) is 32.1 Å². The molecular formula is C20H13BrN4OS. The SMILES string of the molecule is Cc1cc2ccccc2n1-c1cnc2sc(-c3cccc(Br)c3)nn2c1=O. The molecule has 0 amide bonds. The quantitative estimate of drug-likeness (QED) is 0.398. The molecule has 0 radical (unpaired) electrons. The highest BCUT2D eigenvalue weighted by atomic mass is 79.9. The van der Waals surface area contributed by atoms with Crippen LogP contribution in [0.4, 0.5) is 0 Å².